The Morgan fingerprint density at radius 1 is 1.19 bits per heavy atom. The highest BCUT2D eigenvalue weighted by atomic mass is 16.5. The zero-order valence-corrected chi connectivity index (χ0v) is 14.6. The molecule has 1 N–H and O–H groups in total. The maximum Gasteiger partial charge on any atom is 0.258 e. The maximum atomic E-state index is 12.2. The van der Waals surface area contributed by atoms with Gasteiger partial charge in [0.05, 0.1) is 6.04 Å². The Morgan fingerprint density at radius 3 is 2.74 bits per heavy atom. The molecule has 27 heavy (non-hydrogen) atoms. The van der Waals surface area contributed by atoms with E-state index in [2.05, 4.69) is 15.5 Å². The number of nitrogens with one attached hydrogen (secondary N) is 1. The number of carbonyl (C=O) groups excluding carboxylic acids is 1. The van der Waals surface area contributed by atoms with Crippen LogP contribution >= 0.6 is 0 Å². The Bertz CT molecular complexity index is 1010. The Hall–Kier alpha value is -3.61. The quantitative estimate of drug-likeness (QED) is 0.561. The van der Waals surface area contributed by atoms with E-state index in [9.17, 15) is 4.79 Å². The number of amides is 1. The molecule has 4 aromatic rings. The lowest BCUT2D eigenvalue weighted by molar-refractivity contribution is -0.123. The van der Waals surface area contributed by atoms with Gasteiger partial charge in [0.25, 0.3) is 5.91 Å². The van der Waals surface area contributed by atoms with E-state index in [1.807, 2.05) is 37.3 Å². The van der Waals surface area contributed by atoms with Gasteiger partial charge in [-0.05, 0) is 43.3 Å². The smallest absolute Gasteiger partial charge is 0.258 e. The third-order valence-corrected chi connectivity index (χ3v) is 4.08. The van der Waals surface area contributed by atoms with Crippen molar-refractivity contribution in [2.45, 2.75) is 13.0 Å². The van der Waals surface area contributed by atoms with Crippen LogP contribution in [0.5, 0.6) is 5.75 Å². The van der Waals surface area contributed by atoms with Crippen molar-refractivity contribution in [2.24, 2.45) is 0 Å². The summed E-state index contributed by atoms with van der Waals surface area (Å²) in [6.07, 6.45) is 1.27. The molecule has 0 saturated carbocycles. The average Bonchev–Trinajstić information content (AvgIpc) is 3.36. The van der Waals surface area contributed by atoms with Crippen LogP contribution in [0.3, 0.4) is 0 Å². The van der Waals surface area contributed by atoms with E-state index < -0.39 is 0 Å². The number of aromatic nitrogens is 2. The van der Waals surface area contributed by atoms with Gasteiger partial charge in [0, 0.05) is 10.9 Å². The first-order valence-corrected chi connectivity index (χ1v) is 8.46. The van der Waals surface area contributed by atoms with Gasteiger partial charge >= 0.3 is 0 Å². The molecule has 7 heteroatoms. The van der Waals surface area contributed by atoms with Gasteiger partial charge in [-0.2, -0.15) is 0 Å². The first-order valence-electron chi connectivity index (χ1n) is 8.46. The Morgan fingerprint density at radius 2 is 2.00 bits per heavy atom. The Labute approximate surface area is 155 Å². The van der Waals surface area contributed by atoms with E-state index in [0.29, 0.717) is 17.4 Å². The van der Waals surface area contributed by atoms with E-state index in [0.717, 1.165) is 16.5 Å². The van der Waals surface area contributed by atoms with Crippen LogP contribution in [0.15, 0.2) is 69.8 Å². The molecular formula is C20H17N3O4. The van der Waals surface area contributed by atoms with Crippen LogP contribution in [0.4, 0.5) is 0 Å². The van der Waals surface area contributed by atoms with Gasteiger partial charge in [0.2, 0.25) is 12.3 Å². The summed E-state index contributed by atoms with van der Waals surface area (Å²) in [5.74, 6) is 1.47. The second-order valence-electron chi connectivity index (χ2n) is 6.03. The summed E-state index contributed by atoms with van der Waals surface area (Å²) in [6, 6.07) is 16.5. The van der Waals surface area contributed by atoms with Gasteiger partial charge < -0.3 is 18.9 Å². The fourth-order valence-corrected chi connectivity index (χ4v) is 2.71. The predicted molar refractivity (Wildman–Crippen MR) is 98.0 cm³/mol. The third-order valence-electron chi connectivity index (χ3n) is 4.08. The number of nitrogens with zero attached hydrogens (tertiary/aromatic N) is 2. The highest BCUT2D eigenvalue weighted by Gasteiger charge is 2.14. The number of hydrogen-bond donors (Lipinski definition) is 1. The highest BCUT2D eigenvalue weighted by Crippen LogP contribution is 2.23. The molecule has 0 spiro atoms. The lowest BCUT2D eigenvalue weighted by Crippen LogP contribution is -2.31. The lowest BCUT2D eigenvalue weighted by Gasteiger charge is -2.12. The molecule has 0 saturated heterocycles. The third kappa shape index (κ3) is 3.82. The molecule has 2 heterocycles. The van der Waals surface area contributed by atoms with Crippen molar-refractivity contribution in [1.29, 1.82) is 0 Å². The van der Waals surface area contributed by atoms with E-state index >= 15 is 0 Å². The minimum atomic E-state index is -0.256. The molecule has 0 aliphatic carbocycles. The van der Waals surface area contributed by atoms with Crippen LogP contribution in [0.2, 0.25) is 0 Å². The largest absolute Gasteiger partial charge is 0.484 e. The minimum Gasteiger partial charge on any atom is -0.484 e. The van der Waals surface area contributed by atoms with Crippen LogP contribution in [-0.2, 0) is 4.79 Å². The number of fused-ring (bicyclic) bond motifs is 1. The number of benzene rings is 2. The van der Waals surface area contributed by atoms with Crippen molar-refractivity contribution in [3.05, 3.63) is 66.8 Å². The van der Waals surface area contributed by atoms with E-state index in [4.69, 9.17) is 13.6 Å². The second-order valence-corrected chi connectivity index (χ2v) is 6.03. The predicted octanol–water partition coefficient (Wildman–Crippen LogP) is 3.74. The summed E-state index contributed by atoms with van der Waals surface area (Å²) >= 11 is 0. The summed E-state index contributed by atoms with van der Waals surface area (Å²) < 4.78 is 16.4. The molecule has 0 bridgehead atoms. The molecular weight excluding hydrogens is 346 g/mol. The molecule has 1 atom stereocenters. The molecule has 2 aromatic carbocycles. The molecule has 0 fully saturated rings. The van der Waals surface area contributed by atoms with Gasteiger partial charge in [-0.1, -0.05) is 18.2 Å². The van der Waals surface area contributed by atoms with Gasteiger partial charge in [0.1, 0.15) is 17.1 Å². The lowest BCUT2D eigenvalue weighted by atomic mass is 10.2. The Kier molecular flexibility index (Phi) is 4.57. The van der Waals surface area contributed by atoms with Crippen molar-refractivity contribution < 1.29 is 18.4 Å². The van der Waals surface area contributed by atoms with Gasteiger partial charge in [-0.25, -0.2) is 0 Å². The summed E-state index contributed by atoms with van der Waals surface area (Å²) in [4.78, 5) is 12.2. The molecule has 136 valence electrons. The summed E-state index contributed by atoms with van der Waals surface area (Å²) in [7, 11) is 0. The fourth-order valence-electron chi connectivity index (χ4n) is 2.71. The molecule has 0 aliphatic rings. The highest BCUT2D eigenvalue weighted by molar-refractivity contribution is 5.79. The van der Waals surface area contributed by atoms with Crippen LogP contribution in [0.25, 0.3) is 22.4 Å². The topological polar surface area (TPSA) is 90.4 Å². The summed E-state index contributed by atoms with van der Waals surface area (Å²) in [5.41, 5.74) is 1.58. The van der Waals surface area contributed by atoms with Crippen LogP contribution in [0.1, 0.15) is 18.7 Å². The number of para-hydroxylation sites is 1. The second kappa shape index (κ2) is 7.33. The van der Waals surface area contributed by atoms with Crippen molar-refractivity contribution >= 4 is 16.9 Å². The van der Waals surface area contributed by atoms with Crippen LogP contribution < -0.4 is 10.1 Å². The van der Waals surface area contributed by atoms with Gasteiger partial charge in [0.15, 0.2) is 6.61 Å². The first kappa shape index (κ1) is 16.8. The molecule has 0 radical (unpaired) electrons. The van der Waals surface area contributed by atoms with Crippen molar-refractivity contribution in [3.63, 3.8) is 0 Å². The SMILES string of the molecule is C[C@H](NC(=O)COc1ccc(-c2nnco2)cc1)c1cc2ccccc2o1. The Balaban J connectivity index is 1.32. The van der Waals surface area contributed by atoms with E-state index in [-0.39, 0.29) is 18.6 Å². The number of ether oxygens (including phenoxy) is 1. The molecule has 4 rings (SSSR count). The monoisotopic (exact) mass is 363 g/mol. The van der Waals surface area contributed by atoms with Crippen LogP contribution in [-0.4, -0.2) is 22.7 Å². The molecule has 7 nitrogen and oxygen atoms in total. The molecule has 0 unspecified atom stereocenters. The minimum absolute atomic E-state index is 0.0928. The fraction of sp³-hybridized carbons (Fsp3) is 0.150. The molecule has 1 amide bonds. The van der Waals surface area contributed by atoms with E-state index in [1.54, 1.807) is 24.3 Å². The van der Waals surface area contributed by atoms with Gasteiger partial charge in [-0.15, -0.1) is 10.2 Å². The van der Waals surface area contributed by atoms with Crippen molar-refractivity contribution in [3.8, 4) is 17.2 Å². The number of furan rings is 1. The number of hydrogen-bond acceptors (Lipinski definition) is 6. The summed E-state index contributed by atoms with van der Waals surface area (Å²) in [6.45, 7) is 1.78. The number of rotatable bonds is 6. The van der Waals surface area contributed by atoms with Crippen molar-refractivity contribution in [2.75, 3.05) is 6.61 Å². The zero-order chi connectivity index (χ0) is 18.6. The van der Waals surface area contributed by atoms with Crippen LogP contribution in [0, 0.1) is 0 Å². The normalized spacial score (nSPS) is 12.0. The van der Waals surface area contributed by atoms with Crippen molar-refractivity contribution in [1.82, 2.24) is 15.5 Å². The maximum absolute atomic E-state index is 12.2. The number of carbonyl (C=O) groups is 1. The average molecular weight is 363 g/mol. The van der Waals surface area contributed by atoms with E-state index in [1.165, 1.54) is 6.39 Å². The molecule has 0 aliphatic heterocycles. The molecule has 2 aromatic heterocycles. The zero-order valence-electron chi connectivity index (χ0n) is 14.6. The van der Waals surface area contributed by atoms with Gasteiger partial charge in [-0.3, -0.25) is 4.79 Å². The first-order chi connectivity index (χ1) is 13.2. The standard InChI is InChI=1S/C20H17N3O4/c1-13(18-10-15-4-2-3-5-17(15)27-18)22-19(24)11-25-16-8-6-14(7-9-16)20-23-21-12-26-20/h2-10,12-13H,11H2,1H3,(H,22,24)/t13-/m0/s1. The summed E-state index contributed by atoms with van der Waals surface area (Å²) in [5, 5.41) is 11.4.